The van der Waals surface area contributed by atoms with Gasteiger partial charge >= 0.3 is 0 Å². The molecule has 5 rings (SSSR count). The zero-order valence-electron chi connectivity index (χ0n) is 19.4. The molecular formula is C27H33ClN4O2. The minimum Gasteiger partial charge on any atom is -0.508 e. The lowest BCUT2D eigenvalue weighted by Gasteiger charge is -2.37. The number of hydrogen-bond acceptors (Lipinski definition) is 5. The molecule has 2 heterocycles. The molecule has 1 saturated carbocycles. The largest absolute Gasteiger partial charge is 0.508 e. The molecule has 180 valence electrons. The summed E-state index contributed by atoms with van der Waals surface area (Å²) in [5.41, 5.74) is 0.304. The predicted octanol–water partition coefficient (Wildman–Crippen LogP) is 4.24. The Kier molecular flexibility index (Phi) is 6.79. The number of rotatable bonds is 8. The van der Waals surface area contributed by atoms with E-state index < -0.39 is 11.6 Å². The van der Waals surface area contributed by atoms with Gasteiger partial charge in [0.1, 0.15) is 5.75 Å². The van der Waals surface area contributed by atoms with Crippen molar-refractivity contribution in [2.24, 2.45) is 16.8 Å². The number of benzene rings is 2. The Morgan fingerprint density at radius 1 is 1.12 bits per heavy atom. The summed E-state index contributed by atoms with van der Waals surface area (Å²) in [5, 5.41) is 18.0. The molecule has 0 bridgehead atoms. The van der Waals surface area contributed by atoms with Crippen molar-refractivity contribution in [2.45, 2.75) is 43.7 Å². The van der Waals surface area contributed by atoms with E-state index in [4.69, 9.17) is 16.6 Å². The third kappa shape index (κ3) is 4.66. The summed E-state index contributed by atoms with van der Waals surface area (Å²) in [7, 11) is 0. The van der Waals surface area contributed by atoms with Crippen LogP contribution in [0.25, 0.3) is 0 Å². The maximum absolute atomic E-state index is 14.0. The molecule has 2 atom stereocenters. The maximum Gasteiger partial charge on any atom is 0.255 e. The second kappa shape index (κ2) is 9.96. The van der Waals surface area contributed by atoms with Gasteiger partial charge in [-0.2, -0.15) is 0 Å². The molecular weight excluding hydrogens is 448 g/mol. The fraction of sp³-hybridized carbons (Fsp3) is 0.481. The predicted molar refractivity (Wildman–Crippen MR) is 135 cm³/mol. The van der Waals surface area contributed by atoms with E-state index in [0.717, 1.165) is 44.5 Å². The molecule has 6 nitrogen and oxygen atoms in total. The zero-order valence-corrected chi connectivity index (χ0v) is 20.2. The van der Waals surface area contributed by atoms with E-state index in [1.807, 2.05) is 42.7 Å². The van der Waals surface area contributed by atoms with Crippen molar-refractivity contribution >= 4 is 23.8 Å². The molecule has 3 N–H and O–H groups in total. The number of phenols is 1. The van der Waals surface area contributed by atoms with Crippen molar-refractivity contribution in [1.82, 2.24) is 15.5 Å². The fourth-order valence-electron chi connectivity index (χ4n) is 5.38. The fourth-order valence-corrected chi connectivity index (χ4v) is 5.55. The van der Waals surface area contributed by atoms with Crippen LogP contribution >= 0.6 is 11.6 Å². The van der Waals surface area contributed by atoms with Crippen molar-refractivity contribution < 1.29 is 9.90 Å². The van der Waals surface area contributed by atoms with Gasteiger partial charge < -0.3 is 20.6 Å². The first-order valence-corrected chi connectivity index (χ1v) is 12.8. The number of amides is 1. The highest BCUT2D eigenvalue weighted by Gasteiger charge is 2.54. The molecule has 0 spiro atoms. The first-order chi connectivity index (χ1) is 16.6. The Hall–Kier alpha value is -2.57. The molecule has 3 aliphatic rings. The average molecular weight is 481 g/mol. The van der Waals surface area contributed by atoms with Crippen LogP contribution in [0.1, 0.15) is 49.3 Å². The molecule has 2 aromatic carbocycles. The van der Waals surface area contributed by atoms with Gasteiger partial charge in [0.25, 0.3) is 5.91 Å². The molecule has 1 aliphatic carbocycles. The van der Waals surface area contributed by atoms with Gasteiger partial charge in [-0.1, -0.05) is 48.0 Å². The molecule has 0 aromatic heterocycles. The minimum atomic E-state index is -1.18. The SMILES string of the molecule is O=C(NCCC1CCNCC1)[C@]1(c2ccccc2)N=CN(CC2CC2)[C@H]1c1ccc(Cl)cc1O. The van der Waals surface area contributed by atoms with Gasteiger partial charge in [-0.25, -0.2) is 0 Å². The monoisotopic (exact) mass is 480 g/mol. The van der Waals surface area contributed by atoms with Gasteiger partial charge in [-0.15, -0.1) is 0 Å². The van der Waals surface area contributed by atoms with Crippen LogP contribution in [0.15, 0.2) is 53.5 Å². The maximum atomic E-state index is 14.0. The Bertz CT molecular complexity index is 1040. The number of halogens is 1. The van der Waals surface area contributed by atoms with Crippen LogP contribution in [0.4, 0.5) is 0 Å². The topological polar surface area (TPSA) is 77.0 Å². The number of piperidine rings is 1. The van der Waals surface area contributed by atoms with Crippen molar-refractivity contribution in [3.63, 3.8) is 0 Å². The summed E-state index contributed by atoms with van der Waals surface area (Å²) in [5.74, 6) is 1.19. The Balaban J connectivity index is 1.49. The molecule has 2 aromatic rings. The number of nitrogens with zero attached hydrogens (tertiary/aromatic N) is 2. The molecule has 1 amide bonds. The number of carbonyl (C=O) groups is 1. The van der Waals surface area contributed by atoms with E-state index in [2.05, 4.69) is 15.5 Å². The van der Waals surface area contributed by atoms with Gasteiger partial charge in [0.2, 0.25) is 0 Å². The number of aliphatic imine (C=N–C) groups is 1. The Labute approximate surface area is 206 Å². The molecule has 34 heavy (non-hydrogen) atoms. The van der Waals surface area contributed by atoms with E-state index >= 15 is 0 Å². The van der Waals surface area contributed by atoms with Crippen LogP contribution in [0.3, 0.4) is 0 Å². The van der Waals surface area contributed by atoms with Gasteiger partial charge in [-0.05, 0) is 74.7 Å². The van der Waals surface area contributed by atoms with Crippen molar-refractivity contribution in [1.29, 1.82) is 0 Å². The smallest absolute Gasteiger partial charge is 0.255 e. The highest BCUT2D eigenvalue weighted by molar-refractivity contribution is 6.30. The Morgan fingerprint density at radius 3 is 2.59 bits per heavy atom. The molecule has 0 unspecified atom stereocenters. The molecule has 1 saturated heterocycles. The number of hydrogen-bond donors (Lipinski definition) is 3. The summed E-state index contributed by atoms with van der Waals surface area (Å²) >= 11 is 6.16. The molecule has 0 radical (unpaired) electrons. The standard InChI is InChI=1S/C27H33ClN4O2/c28-22-8-9-23(24(33)16-22)25-27(21-4-2-1-3-5-21,31-18-32(25)17-20-6-7-20)26(34)30-15-12-19-10-13-29-14-11-19/h1-5,8-9,16,18-20,25,29,33H,6-7,10-15,17H2,(H,30,34)/t25-,27+/m0/s1. The summed E-state index contributed by atoms with van der Waals surface area (Å²) in [6.07, 6.45) is 7.44. The quantitative estimate of drug-likeness (QED) is 0.528. The highest BCUT2D eigenvalue weighted by Crippen LogP contribution is 2.50. The zero-order chi connectivity index (χ0) is 23.5. The van der Waals surface area contributed by atoms with Crippen LogP contribution in [0.5, 0.6) is 5.75 Å². The van der Waals surface area contributed by atoms with Crippen molar-refractivity contribution in [3.05, 3.63) is 64.7 Å². The third-order valence-electron chi connectivity index (χ3n) is 7.45. The van der Waals surface area contributed by atoms with E-state index in [1.165, 1.54) is 12.8 Å². The number of phenolic OH excluding ortho intramolecular Hbond substituents is 1. The van der Waals surface area contributed by atoms with Gasteiger partial charge in [0.15, 0.2) is 5.54 Å². The van der Waals surface area contributed by atoms with Gasteiger partial charge in [0, 0.05) is 23.7 Å². The molecule has 2 aliphatic heterocycles. The van der Waals surface area contributed by atoms with Gasteiger partial charge in [-0.3, -0.25) is 9.79 Å². The summed E-state index contributed by atoms with van der Waals surface area (Å²) in [4.78, 5) is 21.1. The second-order valence-corrected chi connectivity index (χ2v) is 10.3. The van der Waals surface area contributed by atoms with Crippen LogP contribution < -0.4 is 10.6 Å². The van der Waals surface area contributed by atoms with E-state index in [9.17, 15) is 9.90 Å². The first-order valence-electron chi connectivity index (χ1n) is 12.4. The lowest BCUT2D eigenvalue weighted by Crippen LogP contribution is -2.49. The first kappa shape index (κ1) is 23.2. The van der Waals surface area contributed by atoms with Gasteiger partial charge in [0.05, 0.1) is 12.4 Å². The molecule has 7 heteroatoms. The lowest BCUT2D eigenvalue weighted by molar-refractivity contribution is -0.128. The number of carbonyl (C=O) groups excluding carboxylic acids is 1. The minimum absolute atomic E-state index is 0.0895. The average Bonchev–Trinajstić information content (AvgIpc) is 3.59. The second-order valence-electron chi connectivity index (χ2n) is 9.86. The van der Waals surface area contributed by atoms with E-state index in [0.29, 0.717) is 29.0 Å². The number of nitrogens with one attached hydrogen (secondary N) is 2. The third-order valence-corrected chi connectivity index (χ3v) is 7.68. The Morgan fingerprint density at radius 2 is 1.88 bits per heavy atom. The van der Waals surface area contributed by atoms with Crippen LogP contribution in [0, 0.1) is 11.8 Å². The van der Waals surface area contributed by atoms with Crippen molar-refractivity contribution in [3.8, 4) is 5.75 Å². The van der Waals surface area contributed by atoms with Crippen molar-refractivity contribution in [2.75, 3.05) is 26.2 Å². The highest BCUT2D eigenvalue weighted by atomic mass is 35.5. The van der Waals surface area contributed by atoms with Crippen LogP contribution in [0.2, 0.25) is 5.02 Å². The lowest BCUT2D eigenvalue weighted by atomic mass is 9.78. The van der Waals surface area contributed by atoms with Crippen LogP contribution in [-0.2, 0) is 10.3 Å². The number of aromatic hydroxyl groups is 1. The normalized spacial score (nSPS) is 25.0. The van der Waals surface area contributed by atoms with E-state index in [1.54, 1.807) is 12.1 Å². The summed E-state index contributed by atoms with van der Waals surface area (Å²) in [6, 6.07) is 14.5. The summed E-state index contributed by atoms with van der Waals surface area (Å²) in [6.45, 7) is 3.53. The summed E-state index contributed by atoms with van der Waals surface area (Å²) < 4.78 is 0. The van der Waals surface area contributed by atoms with E-state index in [-0.39, 0.29) is 11.7 Å². The van der Waals surface area contributed by atoms with Crippen LogP contribution in [-0.4, -0.2) is 48.4 Å². The molecule has 2 fully saturated rings.